The van der Waals surface area contributed by atoms with Gasteiger partial charge in [-0.3, -0.25) is 14.4 Å². The molecule has 0 N–H and O–H groups in total. The van der Waals surface area contributed by atoms with E-state index in [0.29, 0.717) is 10.3 Å². The Hall–Kier alpha value is -2.79. The fourth-order valence-electron chi connectivity index (χ4n) is 3.22. The number of aromatic nitrogens is 3. The van der Waals surface area contributed by atoms with Crippen molar-refractivity contribution < 1.29 is 33.3 Å². The molecule has 0 radical (unpaired) electrons. The summed E-state index contributed by atoms with van der Waals surface area (Å²) in [6.45, 7) is 5.48. The van der Waals surface area contributed by atoms with Gasteiger partial charge in [0.25, 0.3) is 0 Å². The summed E-state index contributed by atoms with van der Waals surface area (Å²) in [7, 11) is 0. The van der Waals surface area contributed by atoms with Crippen molar-refractivity contribution in [3.05, 3.63) is 34.4 Å². The van der Waals surface area contributed by atoms with Gasteiger partial charge in [0, 0.05) is 26.3 Å². The second-order valence-electron chi connectivity index (χ2n) is 7.06. The molecular formula is C20H22BrN3O7. The average molecular weight is 496 g/mol. The van der Waals surface area contributed by atoms with E-state index in [2.05, 4.69) is 26.2 Å². The molecule has 11 heteroatoms. The van der Waals surface area contributed by atoms with E-state index in [-0.39, 0.29) is 6.61 Å². The first kappa shape index (κ1) is 22.9. The number of halogens is 1. The third kappa shape index (κ3) is 5.28. The maximum atomic E-state index is 11.8. The van der Waals surface area contributed by atoms with Crippen LogP contribution in [0.1, 0.15) is 32.6 Å². The zero-order valence-electron chi connectivity index (χ0n) is 17.4. The molecule has 166 valence electrons. The maximum Gasteiger partial charge on any atom is 0.303 e. The van der Waals surface area contributed by atoms with Crippen LogP contribution in [0.3, 0.4) is 0 Å². The zero-order chi connectivity index (χ0) is 22.7. The van der Waals surface area contributed by atoms with Crippen molar-refractivity contribution in [2.45, 2.75) is 52.2 Å². The van der Waals surface area contributed by atoms with Crippen molar-refractivity contribution in [1.29, 1.82) is 0 Å². The highest BCUT2D eigenvalue weighted by Gasteiger charge is 2.51. The quantitative estimate of drug-likeness (QED) is 0.439. The summed E-state index contributed by atoms with van der Waals surface area (Å²) in [5.41, 5.74) is 2.47. The van der Waals surface area contributed by atoms with Gasteiger partial charge in [0.15, 0.2) is 18.4 Å². The number of nitrogens with zero attached hydrogens (tertiary/aromatic N) is 3. The van der Waals surface area contributed by atoms with Crippen LogP contribution >= 0.6 is 15.9 Å². The molecule has 2 heterocycles. The Bertz CT molecular complexity index is 976. The molecule has 10 nitrogen and oxygen atoms in total. The first-order valence-corrected chi connectivity index (χ1v) is 10.3. The summed E-state index contributed by atoms with van der Waals surface area (Å²) in [4.78, 5) is 34.7. The van der Waals surface area contributed by atoms with Gasteiger partial charge in [-0.05, 0) is 22.9 Å². The van der Waals surface area contributed by atoms with E-state index in [1.54, 1.807) is 0 Å². The van der Waals surface area contributed by atoms with Gasteiger partial charge in [-0.15, -0.1) is 5.10 Å². The lowest BCUT2D eigenvalue weighted by Crippen LogP contribution is -2.40. The number of esters is 3. The van der Waals surface area contributed by atoms with Crippen LogP contribution in [0.15, 0.2) is 28.9 Å². The topological polar surface area (TPSA) is 119 Å². The largest absolute Gasteiger partial charge is 0.463 e. The lowest BCUT2D eigenvalue weighted by atomic mass is 10.1. The van der Waals surface area contributed by atoms with E-state index in [4.69, 9.17) is 18.9 Å². The van der Waals surface area contributed by atoms with Gasteiger partial charge >= 0.3 is 17.9 Å². The Kier molecular flexibility index (Phi) is 7.06. The predicted molar refractivity (Wildman–Crippen MR) is 110 cm³/mol. The van der Waals surface area contributed by atoms with Gasteiger partial charge in [0.2, 0.25) is 0 Å². The molecular weight excluding hydrogens is 474 g/mol. The summed E-state index contributed by atoms with van der Waals surface area (Å²) in [6, 6.07) is 7.69. The third-order valence-electron chi connectivity index (χ3n) is 4.54. The molecule has 0 bridgehead atoms. The summed E-state index contributed by atoms with van der Waals surface area (Å²) in [5.74, 6) is -1.72. The molecule has 31 heavy (non-hydrogen) atoms. The molecule has 0 saturated carbocycles. The Morgan fingerprint density at radius 1 is 1.03 bits per heavy atom. The third-order valence-corrected chi connectivity index (χ3v) is 5.28. The van der Waals surface area contributed by atoms with Crippen molar-refractivity contribution in [1.82, 2.24) is 15.0 Å². The van der Waals surface area contributed by atoms with Crippen molar-refractivity contribution in [2.75, 3.05) is 6.61 Å². The first-order chi connectivity index (χ1) is 14.7. The van der Waals surface area contributed by atoms with Crippen LogP contribution in [0.4, 0.5) is 0 Å². The van der Waals surface area contributed by atoms with E-state index in [0.717, 1.165) is 11.1 Å². The molecule has 1 aromatic carbocycles. The van der Waals surface area contributed by atoms with Gasteiger partial charge in [-0.25, -0.2) is 4.68 Å². The number of hydrogen-bond acceptors (Lipinski definition) is 9. The van der Waals surface area contributed by atoms with E-state index in [1.165, 1.54) is 25.5 Å². The number of aryl methyl sites for hydroxylation is 1. The molecule has 0 aliphatic carbocycles. The maximum absolute atomic E-state index is 11.8. The lowest BCUT2D eigenvalue weighted by Gasteiger charge is -2.23. The first-order valence-electron chi connectivity index (χ1n) is 9.48. The van der Waals surface area contributed by atoms with Crippen molar-refractivity contribution in [3.63, 3.8) is 0 Å². The fraction of sp³-hybridized carbons (Fsp3) is 0.450. The monoisotopic (exact) mass is 495 g/mol. The summed E-state index contributed by atoms with van der Waals surface area (Å²) in [6.07, 6.45) is -3.90. The lowest BCUT2D eigenvalue weighted by molar-refractivity contribution is -0.166. The van der Waals surface area contributed by atoms with Crippen molar-refractivity contribution in [3.8, 4) is 11.3 Å². The minimum atomic E-state index is -1.04. The van der Waals surface area contributed by atoms with Crippen LogP contribution in [0, 0.1) is 6.92 Å². The molecule has 0 spiro atoms. The Morgan fingerprint density at radius 3 is 2.23 bits per heavy atom. The summed E-state index contributed by atoms with van der Waals surface area (Å²) < 4.78 is 23.7. The molecule has 1 saturated heterocycles. The van der Waals surface area contributed by atoms with Crippen molar-refractivity contribution in [2.24, 2.45) is 0 Å². The summed E-state index contributed by atoms with van der Waals surface area (Å²) >= 11 is 3.49. The SMILES string of the molecule is CC(=O)OC[C@H]1O[C@@H](n2nnc(-c3ccc(C)cc3)c2Br)C(OC(C)=O)C1OC(C)=O. The number of rotatable bonds is 6. The molecule has 0 amide bonds. The molecule has 1 fully saturated rings. The van der Waals surface area contributed by atoms with E-state index in [1.807, 2.05) is 31.2 Å². The van der Waals surface area contributed by atoms with Crippen LogP contribution in [0.5, 0.6) is 0 Å². The highest BCUT2D eigenvalue weighted by Crippen LogP contribution is 2.37. The van der Waals surface area contributed by atoms with Gasteiger partial charge in [0.1, 0.15) is 23.0 Å². The highest BCUT2D eigenvalue weighted by molar-refractivity contribution is 9.10. The predicted octanol–water partition coefficient (Wildman–Crippen LogP) is 2.34. The molecule has 1 aromatic heterocycles. The van der Waals surface area contributed by atoms with Crippen molar-refractivity contribution >= 4 is 33.8 Å². The Balaban J connectivity index is 1.97. The van der Waals surface area contributed by atoms with Gasteiger partial charge in [-0.1, -0.05) is 35.0 Å². The second kappa shape index (κ2) is 9.56. The van der Waals surface area contributed by atoms with Crippen LogP contribution in [0.25, 0.3) is 11.3 Å². The van der Waals surface area contributed by atoms with Crippen LogP contribution in [0.2, 0.25) is 0 Å². The molecule has 1 aliphatic rings. The smallest absolute Gasteiger partial charge is 0.303 e. The number of carbonyl (C=O) groups excluding carboxylic acids is 3. The number of carbonyl (C=O) groups is 3. The van der Waals surface area contributed by atoms with Crippen LogP contribution < -0.4 is 0 Å². The molecule has 4 atom stereocenters. The zero-order valence-corrected chi connectivity index (χ0v) is 19.0. The van der Waals surface area contributed by atoms with E-state index >= 15 is 0 Å². The van der Waals surface area contributed by atoms with Crippen LogP contribution in [-0.2, 0) is 33.3 Å². The molecule has 1 aliphatic heterocycles. The van der Waals surface area contributed by atoms with E-state index in [9.17, 15) is 14.4 Å². The Labute approximate surface area is 186 Å². The van der Waals surface area contributed by atoms with E-state index < -0.39 is 42.4 Å². The second-order valence-corrected chi connectivity index (χ2v) is 7.81. The normalized spacial score (nSPS) is 22.7. The van der Waals surface area contributed by atoms with Crippen LogP contribution in [-0.4, -0.2) is 57.8 Å². The Morgan fingerprint density at radius 2 is 1.65 bits per heavy atom. The standard InChI is InChI=1S/C20H22BrN3O7/c1-10-5-7-14(8-6-10)16-19(21)24(23-22-16)20-18(30-13(4)27)17(29-12(3)26)15(31-20)9-28-11(2)25/h5-8,15,17-18,20H,9H2,1-4H3/t15-,17?,18?,20-/m1/s1. The van der Waals surface area contributed by atoms with Gasteiger partial charge < -0.3 is 18.9 Å². The minimum absolute atomic E-state index is 0.196. The fourth-order valence-corrected chi connectivity index (χ4v) is 3.80. The number of hydrogen-bond donors (Lipinski definition) is 0. The average Bonchev–Trinajstić information content (AvgIpc) is 3.21. The number of benzene rings is 1. The number of ether oxygens (including phenoxy) is 4. The molecule has 3 rings (SSSR count). The van der Waals surface area contributed by atoms with Gasteiger partial charge in [0.05, 0.1) is 0 Å². The summed E-state index contributed by atoms with van der Waals surface area (Å²) in [5, 5.41) is 8.36. The molecule has 2 unspecified atom stereocenters. The highest BCUT2D eigenvalue weighted by atomic mass is 79.9. The minimum Gasteiger partial charge on any atom is -0.463 e. The van der Waals surface area contributed by atoms with Gasteiger partial charge in [-0.2, -0.15) is 0 Å². The molecule has 2 aromatic rings.